The Morgan fingerprint density at radius 2 is 1.46 bits per heavy atom. The SMILES string of the molecule is Cc1cnccc1-c1nc(-c2ccc(-c3cccc4c3C(C)(C)c3c(C#N)cccc3S4)cc2)c2ccccc2n1. The van der Waals surface area contributed by atoms with Crippen molar-refractivity contribution in [2.75, 3.05) is 0 Å². The second-order valence-corrected chi connectivity index (χ2v) is 12.0. The third-order valence-electron chi connectivity index (χ3n) is 7.98. The van der Waals surface area contributed by atoms with Crippen molar-refractivity contribution in [2.24, 2.45) is 0 Å². The Kier molecular flexibility index (Phi) is 5.96. The Morgan fingerprint density at radius 3 is 2.24 bits per heavy atom. The first-order valence-electron chi connectivity index (χ1n) is 13.6. The number of nitrogens with zero attached hydrogens (tertiary/aromatic N) is 4. The third-order valence-corrected chi connectivity index (χ3v) is 9.10. The van der Waals surface area contributed by atoms with Gasteiger partial charge in [0.05, 0.1) is 22.8 Å². The van der Waals surface area contributed by atoms with Crippen LogP contribution in [0.3, 0.4) is 0 Å². The van der Waals surface area contributed by atoms with E-state index in [1.807, 2.05) is 49.5 Å². The summed E-state index contributed by atoms with van der Waals surface area (Å²) in [6.45, 7) is 6.51. The molecule has 0 saturated heterocycles. The second kappa shape index (κ2) is 9.69. The van der Waals surface area contributed by atoms with Crippen LogP contribution in [0.2, 0.25) is 0 Å². The average molecular weight is 547 g/mol. The van der Waals surface area contributed by atoms with E-state index in [-0.39, 0.29) is 5.41 Å². The Bertz CT molecular complexity index is 2020. The number of hydrogen-bond donors (Lipinski definition) is 0. The van der Waals surface area contributed by atoms with Crippen LogP contribution < -0.4 is 0 Å². The van der Waals surface area contributed by atoms with Crippen molar-refractivity contribution in [1.29, 1.82) is 5.26 Å². The highest BCUT2D eigenvalue weighted by molar-refractivity contribution is 7.99. The number of para-hydroxylation sites is 1. The predicted molar refractivity (Wildman–Crippen MR) is 166 cm³/mol. The minimum atomic E-state index is -0.322. The number of pyridine rings is 1. The number of benzene rings is 4. The highest BCUT2D eigenvalue weighted by Gasteiger charge is 2.37. The molecule has 4 aromatic carbocycles. The summed E-state index contributed by atoms with van der Waals surface area (Å²) in [5.74, 6) is 0.700. The van der Waals surface area contributed by atoms with Crippen LogP contribution in [0.25, 0.3) is 44.7 Å². The molecule has 0 spiro atoms. The van der Waals surface area contributed by atoms with Gasteiger partial charge in [-0.15, -0.1) is 0 Å². The van der Waals surface area contributed by atoms with Crippen molar-refractivity contribution in [3.05, 3.63) is 126 Å². The normalized spacial score (nSPS) is 13.3. The number of nitriles is 1. The Morgan fingerprint density at radius 1 is 0.732 bits per heavy atom. The van der Waals surface area contributed by atoms with Gasteiger partial charge in [-0.1, -0.05) is 86.3 Å². The molecule has 5 heteroatoms. The van der Waals surface area contributed by atoms with Crippen molar-refractivity contribution < 1.29 is 0 Å². The van der Waals surface area contributed by atoms with Crippen molar-refractivity contribution in [3.8, 4) is 39.8 Å². The van der Waals surface area contributed by atoms with E-state index >= 15 is 0 Å². The molecule has 0 fully saturated rings. The minimum absolute atomic E-state index is 0.322. The third kappa shape index (κ3) is 4.11. The van der Waals surface area contributed by atoms with E-state index in [0.717, 1.165) is 54.9 Å². The molecule has 1 aliphatic heterocycles. The number of aromatic nitrogens is 3. The highest BCUT2D eigenvalue weighted by Crippen LogP contribution is 2.53. The largest absolute Gasteiger partial charge is 0.264 e. The van der Waals surface area contributed by atoms with Crippen molar-refractivity contribution in [1.82, 2.24) is 15.0 Å². The molecule has 4 nitrogen and oxygen atoms in total. The molecule has 0 N–H and O–H groups in total. The Labute approximate surface area is 243 Å². The van der Waals surface area contributed by atoms with Crippen LogP contribution in [0.1, 0.15) is 36.1 Å². The number of hydrogen-bond acceptors (Lipinski definition) is 5. The molecule has 0 aliphatic carbocycles. The van der Waals surface area contributed by atoms with Crippen LogP contribution in [0.15, 0.2) is 113 Å². The summed E-state index contributed by atoms with van der Waals surface area (Å²) in [5, 5.41) is 10.9. The molecule has 41 heavy (non-hydrogen) atoms. The second-order valence-electron chi connectivity index (χ2n) is 10.9. The van der Waals surface area contributed by atoms with Gasteiger partial charge in [-0.25, -0.2) is 9.97 Å². The molecule has 0 saturated carbocycles. The molecule has 1 aliphatic rings. The van der Waals surface area contributed by atoms with Gasteiger partial charge in [0, 0.05) is 44.1 Å². The van der Waals surface area contributed by atoms with Crippen LogP contribution in [-0.2, 0) is 5.41 Å². The summed E-state index contributed by atoms with van der Waals surface area (Å²) in [7, 11) is 0. The van der Waals surface area contributed by atoms with Gasteiger partial charge in [0.25, 0.3) is 0 Å². The maximum absolute atomic E-state index is 9.91. The number of aryl methyl sites for hydroxylation is 1. The van der Waals surface area contributed by atoms with Gasteiger partial charge in [-0.3, -0.25) is 4.98 Å². The van der Waals surface area contributed by atoms with Crippen molar-refractivity contribution in [2.45, 2.75) is 36.0 Å². The molecule has 2 aromatic heterocycles. The quantitative estimate of drug-likeness (QED) is 0.222. The molecule has 7 rings (SSSR count). The molecule has 0 atom stereocenters. The summed E-state index contributed by atoms with van der Waals surface area (Å²) >= 11 is 1.75. The van der Waals surface area contributed by atoms with E-state index in [4.69, 9.17) is 9.97 Å². The molecule has 0 unspecified atom stereocenters. The molecule has 0 radical (unpaired) electrons. The molecule has 0 amide bonds. The smallest absolute Gasteiger partial charge is 0.160 e. The average Bonchev–Trinajstić information content (AvgIpc) is 3.00. The van der Waals surface area contributed by atoms with E-state index in [2.05, 4.69) is 79.5 Å². The first-order valence-corrected chi connectivity index (χ1v) is 14.4. The van der Waals surface area contributed by atoms with E-state index in [1.54, 1.807) is 18.0 Å². The first kappa shape index (κ1) is 25.2. The van der Waals surface area contributed by atoms with Crippen LogP contribution >= 0.6 is 11.8 Å². The van der Waals surface area contributed by atoms with Crippen LogP contribution in [0, 0.1) is 18.3 Å². The minimum Gasteiger partial charge on any atom is -0.264 e. The van der Waals surface area contributed by atoms with Gasteiger partial charge in [-0.05, 0) is 65.1 Å². The van der Waals surface area contributed by atoms with Crippen LogP contribution in [0.5, 0.6) is 0 Å². The number of fused-ring (bicyclic) bond motifs is 3. The van der Waals surface area contributed by atoms with E-state index < -0.39 is 0 Å². The summed E-state index contributed by atoms with van der Waals surface area (Å²) in [6, 6.07) is 33.8. The fraction of sp³-hybridized carbons (Fsp3) is 0.111. The van der Waals surface area contributed by atoms with Crippen LogP contribution in [-0.4, -0.2) is 15.0 Å². The maximum Gasteiger partial charge on any atom is 0.160 e. The van der Waals surface area contributed by atoms with Crippen molar-refractivity contribution in [3.63, 3.8) is 0 Å². The van der Waals surface area contributed by atoms with E-state index in [1.165, 1.54) is 16.0 Å². The fourth-order valence-electron chi connectivity index (χ4n) is 6.05. The maximum atomic E-state index is 9.91. The fourth-order valence-corrected chi connectivity index (χ4v) is 7.51. The van der Waals surface area contributed by atoms with E-state index in [9.17, 15) is 5.26 Å². The molecule has 196 valence electrons. The highest BCUT2D eigenvalue weighted by atomic mass is 32.2. The topological polar surface area (TPSA) is 62.5 Å². The number of rotatable bonds is 3. The monoisotopic (exact) mass is 546 g/mol. The van der Waals surface area contributed by atoms with E-state index in [0.29, 0.717) is 5.82 Å². The summed E-state index contributed by atoms with van der Waals surface area (Å²) in [6.07, 6.45) is 3.63. The van der Waals surface area contributed by atoms with Gasteiger partial charge in [0.1, 0.15) is 0 Å². The predicted octanol–water partition coefficient (Wildman–Crippen LogP) is 9.00. The summed E-state index contributed by atoms with van der Waals surface area (Å²) < 4.78 is 0. The van der Waals surface area contributed by atoms with Crippen molar-refractivity contribution >= 4 is 22.7 Å². The lowest BCUT2D eigenvalue weighted by Gasteiger charge is -2.37. The molecule has 6 aromatic rings. The van der Waals surface area contributed by atoms with Gasteiger partial charge in [-0.2, -0.15) is 5.26 Å². The molecular weight excluding hydrogens is 520 g/mol. The zero-order valence-electron chi connectivity index (χ0n) is 23.0. The Balaban J connectivity index is 1.35. The lowest BCUT2D eigenvalue weighted by molar-refractivity contribution is 0.607. The standard InChI is InChI=1S/C36H26N4S/c1-22-21-38-19-18-26(22)35-39-29-11-5-4-9-28(29)34(40-35)24-16-14-23(15-17-24)27-10-7-13-31-33(27)36(2,3)32-25(20-37)8-6-12-30(32)41-31/h4-19,21H,1-3H3. The zero-order valence-corrected chi connectivity index (χ0v) is 23.8. The van der Waals surface area contributed by atoms with Gasteiger partial charge < -0.3 is 0 Å². The summed E-state index contributed by atoms with van der Waals surface area (Å²) in [4.78, 5) is 16.6. The summed E-state index contributed by atoms with van der Waals surface area (Å²) in [5.41, 5.74) is 10.00. The zero-order chi connectivity index (χ0) is 28.1. The molecular formula is C36H26N4S. The van der Waals surface area contributed by atoms with Crippen LogP contribution in [0.4, 0.5) is 0 Å². The Hall–Kier alpha value is -4.79. The first-order chi connectivity index (χ1) is 20.0. The lowest BCUT2D eigenvalue weighted by Crippen LogP contribution is -2.26. The van der Waals surface area contributed by atoms with Gasteiger partial charge in [0.15, 0.2) is 5.82 Å². The lowest BCUT2D eigenvalue weighted by atomic mass is 9.73. The molecule has 3 heterocycles. The van der Waals surface area contributed by atoms with Gasteiger partial charge >= 0.3 is 0 Å². The van der Waals surface area contributed by atoms with Gasteiger partial charge in [0.2, 0.25) is 0 Å². The molecule has 0 bridgehead atoms.